The van der Waals surface area contributed by atoms with Crippen LogP contribution in [0.4, 0.5) is 0 Å². The molecule has 30 heavy (non-hydrogen) atoms. The van der Waals surface area contributed by atoms with Crippen LogP contribution in [0.2, 0.25) is 0 Å². The summed E-state index contributed by atoms with van der Waals surface area (Å²) in [6.45, 7) is 7.87. The quantitative estimate of drug-likeness (QED) is 0.358. The fourth-order valence-electron chi connectivity index (χ4n) is 2.97. The van der Waals surface area contributed by atoms with Crippen LogP contribution in [0.3, 0.4) is 0 Å². The lowest BCUT2D eigenvalue weighted by Crippen LogP contribution is -2.39. The van der Waals surface area contributed by atoms with Crippen molar-refractivity contribution >= 4 is 11.9 Å². The van der Waals surface area contributed by atoms with E-state index in [1.54, 1.807) is 0 Å². The normalized spacial score (nSPS) is 13.4. The second-order valence-electron chi connectivity index (χ2n) is 7.35. The van der Waals surface area contributed by atoms with E-state index >= 15 is 0 Å². The lowest BCUT2D eigenvalue weighted by atomic mass is 10.0. The van der Waals surface area contributed by atoms with Crippen molar-refractivity contribution in [2.45, 2.75) is 45.7 Å². The number of amides is 1. The van der Waals surface area contributed by atoms with Crippen LogP contribution >= 0.6 is 0 Å². The highest BCUT2D eigenvalue weighted by molar-refractivity contribution is 5.94. The minimum absolute atomic E-state index is 0.0114. The number of guanidine groups is 1. The highest BCUT2D eigenvalue weighted by atomic mass is 16.3. The molecule has 0 bridgehead atoms. The Kier molecular flexibility index (Phi) is 9.87. The molecule has 6 nitrogen and oxygen atoms in total. The molecule has 0 aromatic heterocycles. The van der Waals surface area contributed by atoms with Crippen molar-refractivity contribution in [3.63, 3.8) is 0 Å². The lowest BCUT2D eigenvalue weighted by molar-refractivity contribution is 0.0939. The summed E-state index contributed by atoms with van der Waals surface area (Å²) in [7, 11) is 0. The second kappa shape index (κ2) is 12.6. The molecule has 2 aromatic rings. The van der Waals surface area contributed by atoms with Gasteiger partial charge in [0.1, 0.15) is 0 Å². The first-order valence-corrected chi connectivity index (χ1v) is 10.6. The Morgan fingerprint density at radius 3 is 2.50 bits per heavy atom. The van der Waals surface area contributed by atoms with Crippen LogP contribution in [0.5, 0.6) is 0 Å². The fourth-order valence-corrected chi connectivity index (χ4v) is 2.97. The zero-order chi connectivity index (χ0) is 21.8. The maximum atomic E-state index is 12.4. The summed E-state index contributed by atoms with van der Waals surface area (Å²) in [4.78, 5) is 17.0. The molecule has 0 saturated carbocycles. The molecular weight excluding hydrogens is 376 g/mol. The smallest absolute Gasteiger partial charge is 0.251 e. The standard InChI is InChI=1S/C24H34N4O2/c1-4-18(3)28-23(30)21-13-9-10-19(14-21)15-26-24(25-5-2)27-16-22(17-29)20-11-7-6-8-12-20/h6-14,18,22,29H,4-5,15-17H2,1-3H3,(H,28,30)(H2,25,26,27). The molecule has 0 heterocycles. The van der Waals surface area contributed by atoms with Gasteiger partial charge >= 0.3 is 0 Å². The van der Waals surface area contributed by atoms with E-state index in [1.807, 2.05) is 75.4 Å². The summed E-state index contributed by atoms with van der Waals surface area (Å²) >= 11 is 0. The predicted octanol–water partition coefficient (Wildman–Crippen LogP) is 3.05. The zero-order valence-electron chi connectivity index (χ0n) is 18.2. The van der Waals surface area contributed by atoms with E-state index in [-0.39, 0.29) is 24.5 Å². The zero-order valence-corrected chi connectivity index (χ0v) is 18.2. The van der Waals surface area contributed by atoms with Gasteiger partial charge in [-0.05, 0) is 43.5 Å². The number of rotatable bonds is 10. The van der Waals surface area contributed by atoms with Crippen molar-refractivity contribution in [1.82, 2.24) is 16.0 Å². The minimum atomic E-state index is -0.0612. The van der Waals surface area contributed by atoms with E-state index in [2.05, 4.69) is 20.9 Å². The van der Waals surface area contributed by atoms with Crippen molar-refractivity contribution in [2.75, 3.05) is 19.7 Å². The maximum absolute atomic E-state index is 12.4. The molecule has 0 aliphatic rings. The number of nitrogens with zero attached hydrogens (tertiary/aromatic N) is 1. The van der Waals surface area contributed by atoms with Crippen LogP contribution in [-0.4, -0.2) is 42.7 Å². The number of aliphatic imine (C=N–C) groups is 1. The third kappa shape index (κ3) is 7.52. The largest absolute Gasteiger partial charge is 0.396 e. The van der Waals surface area contributed by atoms with E-state index in [0.29, 0.717) is 24.6 Å². The van der Waals surface area contributed by atoms with E-state index in [1.165, 1.54) is 0 Å². The molecule has 0 aliphatic carbocycles. The number of carbonyl (C=O) groups is 1. The average molecular weight is 411 g/mol. The van der Waals surface area contributed by atoms with Gasteiger partial charge in [0.25, 0.3) is 5.91 Å². The summed E-state index contributed by atoms with van der Waals surface area (Å²) in [6, 6.07) is 17.6. The molecule has 162 valence electrons. The molecule has 0 radical (unpaired) electrons. The molecule has 1 amide bonds. The Labute approximate surface area is 179 Å². The summed E-state index contributed by atoms with van der Waals surface area (Å²) in [5.41, 5.74) is 2.69. The van der Waals surface area contributed by atoms with Crippen LogP contribution in [0.25, 0.3) is 0 Å². The van der Waals surface area contributed by atoms with Gasteiger partial charge in [0.15, 0.2) is 5.96 Å². The molecule has 0 saturated heterocycles. The number of benzene rings is 2. The second-order valence-corrected chi connectivity index (χ2v) is 7.35. The summed E-state index contributed by atoms with van der Waals surface area (Å²) in [6.07, 6.45) is 0.894. The van der Waals surface area contributed by atoms with Crippen molar-refractivity contribution in [3.05, 3.63) is 71.3 Å². The van der Waals surface area contributed by atoms with Crippen LogP contribution in [0.15, 0.2) is 59.6 Å². The van der Waals surface area contributed by atoms with Gasteiger partial charge in [0.2, 0.25) is 0 Å². The molecule has 2 aromatic carbocycles. The Hall–Kier alpha value is -2.86. The topological polar surface area (TPSA) is 85.8 Å². The lowest BCUT2D eigenvalue weighted by Gasteiger charge is -2.18. The molecule has 4 N–H and O–H groups in total. The predicted molar refractivity (Wildman–Crippen MR) is 123 cm³/mol. The van der Waals surface area contributed by atoms with Gasteiger partial charge in [-0.15, -0.1) is 0 Å². The van der Waals surface area contributed by atoms with Gasteiger partial charge in [0, 0.05) is 30.6 Å². The number of aliphatic hydroxyl groups is 1. The molecule has 0 aliphatic heterocycles. The molecule has 2 rings (SSSR count). The molecule has 2 atom stereocenters. The Morgan fingerprint density at radius 1 is 1.07 bits per heavy atom. The third-order valence-electron chi connectivity index (χ3n) is 4.95. The SMILES string of the molecule is CCNC(=NCc1cccc(C(=O)NC(C)CC)c1)NCC(CO)c1ccccc1. The van der Waals surface area contributed by atoms with Gasteiger partial charge in [-0.3, -0.25) is 4.79 Å². The van der Waals surface area contributed by atoms with Crippen LogP contribution < -0.4 is 16.0 Å². The number of carbonyl (C=O) groups excluding carboxylic acids is 1. The van der Waals surface area contributed by atoms with Crippen LogP contribution in [0, 0.1) is 0 Å². The average Bonchev–Trinajstić information content (AvgIpc) is 2.78. The molecule has 6 heteroatoms. The maximum Gasteiger partial charge on any atom is 0.251 e. The highest BCUT2D eigenvalue weighted by Gasteiger charge is 2.11. The van der Waals surface area contributed by atoms with E-state index in [9.17, 15) is 9.90 Å². The van der Waals surface area contributed by atoms with E-state index in [0.717, 1.165) is 24.1 Å². The van der Waals surface area contributed by atoms with Crippen molar-refractivity contribution in [1.29, 1.82) is 0 Å². The molecule has 0 fully saturated rings. The Bertz CT molecular complexity index is 808. The molecule has 0 spiro atoms. The number of hydrogen-bond acceptors (Lipinski definition) is 3. The summed E-state index contributed by atoms with van der Waals surface area (Å²) < 4.78 is 0. The molecular formula is C24H34N4O2. The van der Waals surface area contributed by atoms with Crippen LogP contribution in [-0.2, 0) is 6.54 Å². The number of nitrogens with one attached hydrogen (secondary N) is 3. The number of aliphatic hydroxyl groups excluding tert-OH is 1. The summed E-state index contributed by atoms with van der Waals surface area (Å²) in [5.74, 6) is 0.609. The third-order valence-corrected chi connectivity index (χ3v) is 4.95. The van der Waals surface area contributed by atoms with Crippen molar-refractivity contribution in [2.24, 2.45) is 4.99 Å². The monoisotopic (exact) mass is 410 g/mol. The number of hydrogen-bond donors (Lipinski definition) is 4. The first-order chi connectivity index (χ1) is 14.6. The minimum Gasteiger partial charge on any atom is -0.396 e. The summed E-state index contributed by atoms with van der Waals surface area (Å²) in [5, 5.41) is 19.3. The van der Waals surface area contributed by atoms with Gasteiger partial charge in [-0.25, -0.2) is 4.99 Å². The fraction of sp³-hybridized carbons (Fsp3) is 0.417. The Balaban J connectivity index is 2.02. The first kappa shape index (κ1) is 23.4. The van der Waals surface area contributed by atoms with E-state index in [4.69, 9.17) is 0 Å². The molecule has 2 unspecified atom stereocenters. The van der Waals surface area contributed by atoms with Crippen LogP contribution in [0.1, 0.15) is 54.6 Å². The highest BCUT2D eigenvalue weighted by Crippen LogP contribution is 2.13. The Morgan fingerprint density at radius 2 is 1.83 bits per heavy atom. The van der Waals surface area contributed by atoms with Gasteiger partial charge < -0.3 is 21.1 Å². The first-order valence-electron chi connectivity index (χ1n) is 10.6. The van der Waals surface area contributed by atoms with Gasteiger partial charge in [-0.1, -0.05) is 49.4 Å². The van der Waals surface area contributed by atoms with Crippen molar-refractivity contribution < 1.29 is 9.90 Å². The van der Waals surface area contributed by atoms with E-state index < -0.39 is 0 Å². The van der Waals surface area contributed by atoms with Gasteiger partial charge in [0.05, 0.1) is 13.2 Å². The van der Waals surface area contributed by atoms with Crippen molar-refractivity contribution in [3.8, 4) is 0 Å². The van der Waals surface area contributed by atoms with Gasteiger partial charge in [-0.2, -0.15) is 0 Å².